The van der Waals surface area contributed by atoms with Crippen molar-refractivity contribution in [1.29, 1.82) is 0 Å². The molecule has 2 aliphatic carbocycles. The molecule has 0 N–H and O–H groups in total. The first-order valence-corrected chi connectivity index (χ1v) is 9.59. The molecule has 138 valence electrons. The van der Waals surface area contributed by atoms with Gasteiger partial charge in [0.15, 0.2) is 0 Å². The zero-order valence-corrected chi connectivity index (χ0v) is 16.0. The van der Waals surface area contributed by atoms with Gasteiger partial charge in [-0.15, -0.1) is 5.10 Å². The molecule has 1 heterocycles. The molecule has 0 radical (unpaired) electrons. The maximum Gasteiger partial charge on any atom is 0.109 e. The van der Waals surface area contributed by atoms with Gasteiger partial charge in [-0.25, -0.2) is 4.68 Å². The van der Waals surface area contributed by atoms with Crippen molar-refractivity contribution in [2.24, 2.45) is 21.7 Å². The number of benzene rings is 1. The SMILES string of the molecule is CC1(C)[C@@H]2CC[C@@]1(C)C(=NCCOCc1cn(-c3ccccc3)nn1)C2. The number of hydrogen-bond donors (Lipinski definition) is 0. The van der Waals surface area contributed by atoms with Gasteiger partial charge in [0.05, 0.1) is 31.6 Å². The summed E-state index contributed by atoms with van der Waals surface area (Å²) in [6.45, 7) is 9.08. The van der Waals surface area contributed by atoms with Crippen LogP contribution in [0.1, 0.15) is 45.7 Å². The number of aliphatic imine (C=N–C) groups is 1. The van der Waals surface area contributed by atoms with Gasteiger partial charge in [-0.1, -0.05) is 44.2 Å². The van der Waals surface area contributed by atoms with Crippen molar-refractivity contribution in [2.75, 3.05) is 13.2 Å². The van der Waals surface area contributed by atoms with Gasteiger partial charge >= 0.3 is 0 Å². The van der Waals surface area contributed by atoms with Crippen LogP contribution in [0.3, 0.4) is 0 Å². The van der Waals surface area contributed by atoms with Gasteiger partial charge < -0.3 is 4.74 Å². The topological polar surface area (TPSA) is 52.3 Å². The summed E-state index contributed by atoms with van der Waals surface area (Å²) in [7, 11) is 0. The molecule has 0 unspecified atom stereocenters. The fraction of sp³-hybridized carbons (Fsp3) is 0.571. The highest BCUT2D eigenvalue weighted by molar-refractivity contribution is 5.94. The molecule has 0 amide bonds. The summed E-state index contributed by atoms with van der Waals surface area (Å²) in [5, 5.41) is 8.34. The van der Waals surface area contributed by atoms with Gasteiger partial charge in [-0.05, 0) is 42.7 Å². The Hall–Kier alpha value is -2.01. The Morgan fingerprint density at radius 1 is 1.23 bits per heavy atom. The van der Waals surface area contributed by atoms with E-state index in [0.717, 1.165) is 23.8 Å². The second-order valence-electron chi connectivity index (χ2n) is 8.36. The maximum absolute atomic E-state index is 5.77. The fourth-order valence-electron chi connectivity index (χ4n) is 4.66. The monoisotopic (exact) mass is 352 g/mol. The molecule has 2 fully saturated rings. The average Bonchev–Trinajstić information content (AvgIpc) is 3.25. The molecule has 2 saturated carbocycles. The van der Waals surface area contributed by atoms with Gasteiger partial charge in [-0.3, -0.25) is 4.99 Å². The van der Waals surface area contributed by atoms with Crippen molar-refractivity contribution in [3.8, 4) is 5.69 Å². The number of hydrogen-bond acceptors (Lipinski definition) is 4. The Morgan fingerprint density at radius 2 is 2.04 bits per heavy atom. The van der Waals surface area contributed by atoms with Crippen LogP contribution < -0.4 is 0 Å². The summed E-state index contributed by atoms with van der Waals surface area (Å²) in [6.07, 6.45) is 5.73. The van der Waals surface area contributed by atoms with Crippen LogP contribution in [0, 0.1) is 16.7 Å². The molecule has 5 nitrogen and oxygen atoms in total. The minimum atomic E-state index is 0.288. The highest BCUT2D eigenvalue weighted by Crippen LogP contribution is 2.63. The number of nitrogens with zero attached hydrogens (tertiary/aromatic N) is 4. The molecule has 0 aliphatic heterocycles. The van der Waals surface area contributed by atoms with Crippen LogP contribution in [0.2, 0.25) is 0 Å². The van der Waals surface area contributed by atoms with E-state index in [0.29, 0.717) is 18.6 Å². The molecule has 26 heavy (non-hydrogen) atoms. The Morgan fingerprint density at radius 3 is 2.73 bits per heavy atom. The van der Waals surface area contributed by atoms with E-state index in [-0.39, 0.29) is 5.41 Å². The molecule has 2 aromatic rings. The van der Waals surface area contributed by atoms with E-state index < -0.39 is 0 Å². The van der Waals surface area contributed by atoms with E-state index in [1.807, 2.05) is 36.5 Å². The summed E-state index contributed by atoms with van der Waals surface area (Å²) in [4.78, 5) is 4.91. The average molecular weight is 352 g/mol. The number of fused-ring (bicyclic) bond motifs is 2. The highest BCUT2D eigenvalue weighted by atomic mass is 16.5. The molecule has 0 saturated heterocycles. The van der Waals surface area contributed by atoms with Crippen molar-refractivity contribution in [2.45, 2.75) is 46.6 Å². The van der Waals surface area contributed by atoms with Gasteiger partial charge in [0.25, 0.3) is 0 Å². The molecule has 2 bridgehead atoms. The predicted octanol–water partition coefficient (Wildman–Crippen LogP) is 4.07. The summed E-state index contributed by atoms with van der Waals surface area (Å²) >= 11 is 0. The van der Waals surface area contributed by atoms with Gasteiger partial charge in [0.2, 0.25) is 0 Å². The molecule has 1 aromatic heterocycles. The van der Waals surface area contributed by atoms with Crippen molar-refractivity contribution in [1.82, 2.24) is 15.0 Å². The summed E-state index contributed by atoms with van der Waals surface area (Å²) in [6, 6.07) is 9.98. The molecular formula is C21H28N4O. The van der Waals surface area contributed by atoms with Crippen molar-refractivity contribution >= 4 is 5.71 Å². The lowest BCUT2D eigenvalue weighted by molar-refractivity contribution is 0.125. The van der Waals surface area contributed by atoms with Crippen LogP contribution >= 0.6 is 0 Å². The van der Waals surface area contributed by atoms with Crippen LogP contribution in [0.25, 0.3) is 5.69 Å². The number of aromatic nitrogens is 3. The zero-order valence-electron chi connectivity index (χ0n) is 16.0. The van der Waals surface area contributed by atoms with E-state index in [4.69, 9.17) is 9.73 Å². The first-order valence-electron chi connectivity index (χ1n) is 9.59. The molecule has 2 atom stereocenters. The van der Waals surface area contributed by atoms with Crippen LogP contribution in [-0.2, 0) is 11.3 Å². The Labute approximate surface area is 155 Å². The number of para-hydroxylation sites is 1. The van der Waals surface area contributed by atoms with Gasteiger partial charge in [0.1, 0.15) is 5.69 Å². The van der Waals surface area contributed by atoms with Crippen molar-refractivity contribution in [3.63, 3.8) is 0 Å². The molecule has 2 aliphatic rings. The molecule has 5 heteroatoms. The lowest BCUT2D eigenvalue weighted by Gasteiger charge is -2.34. The Balaban J connectivity index is 1.27. The molecule has 0 spiro atoms. The molecule has 1 aromatic carbocycles. The Kier molecular flexibility index (Phi) is 4.43. The van der Waals surface area contributed by atoms with Crippen LogP contribution in [-0.4, -0.2) is 33.9 Å². The normalized spacial score (nSPS) is 28.1. The highest BCUT2D eigenvalue weighted by Gasteiger charge is 2.59. The van der Waals surface area contributed by atoms with E-state index in [9.17, 15) is 0 Å². The molecular weight excluding hydrogens is 324 g/mol. The largest absolute Gasteiger partial charge is 0.373 e. The quantitative estimate of drug-likeness (QED) is 0.736. The van der Waals surface area contributed by atoms with Crippen LogP contribution in [0.5, 0.6) is 0 Å². The molecule has 4 rings (SSSR count). The summed E-state index contributed by atoms with van der Waals surface area (Å²) in [5.74, 6) is 0.806. The minimum absolute atomic E-state index is 0.288. The third kappa shape index (κ3) is 2.88. The fourth-order valence-corrected chi connectivity index (χ4v) is 4.66. The van der Waals surface area contributed by atoms with Crippen molar-refractivity contribution < 1.29 is 4.74 Å². The minimum Gasteiger partial charge on any atom is -0.373 e. The second kappa shape index (κ2) is 6.62. The summed E-state index contributed by atoms with van der Waals surface area (Å²) < 4.78 is 7.55. The van der Waals surface area contributed by atoms with Crippen molar-refractivity contribution in [3.05, 3.63) is 42.2 Å². The lowest BCUT2D eigenvalue weighted by Crippen LogP contribution is -2.32. The summed E-state index contributed by atoms with van der Waals surface area (Å²) in [5.41, 5.74) is 3.94. The predicted molar refractivity (Wildman–Crippen MR) is 103 cm³/mol. The van der Waals surface area contributed by atoms with Crippen LogP contribution in [0.15, 0.2) is 41.5 Å². The van der Waals surface area contributed by atoms with E-state index >= 15 is 0 Å². The van der Waals surface area contributed by atoms with E-state index in [1.54, 1.807) is 4.68 Å². The lowest BCUT2D eigenvalue weighted by atomic mass is 9.70. The first-order chi connectivity index (χ1) is 12.5. The number of ether oxygens (including phenoxy) is 1. The van der Waals surface area contributed by atoms with Crippen LogP contribution in [0.4, 0.5) is 0 Å². The second-order valence-corrected chi connectivity index (χ2v) is 8.36. The first kappa shape index (κ1) is 17.4. The standard InChI is InChI=1S/C21H28N4O/c1-20(2)16-9-10-21(20,3)19(13-16)22-11-12-26-15-17-14-25(24-23-17)18-7-5-4-6-8-18/h4-8,14,16H,9-13,15H2,1-3H3/t16-,21+/m1/s1. The zero-order chi connectivity index (χ0) is 18.2. The third-order valence-corrected chi connectivity index (χ3v) is 6.86. The number of rotatable bonds is 6. The maximum atomic E-state index is 5.77. The smallest absolute Gasteiger partial charge is 0.109 e. The van der Waals surface area contributed by atoms with Gasteiger partial charge in [-0.2, -0.15) is 0 Å². The Bertz CT molecular complexity index is 795. The third-order valence-electron chi connectivity index (χ3n) is 6.86. The van der Waals surface area contributed by atoms with E-state index in [2.05, 4.69) is 31.1 Å². The van der Waals surface area contributed by atoms with Gasteiger partial charge in [0, 0.05) is 11.1 Å². The van der Waals surface area contributed by atoms with E-state index in [1.165, 1.54) is 25.0 Å².